The second-order valence-corrected chi connectivity index (χ2v) is 6.08. The molecule has 0 aliphatic heterocycles. The van der Waals surface area contributed by atoms with Gasteiger partial charge in [-0.2, -0.15) is 5.10 Å². The molecule has 2 heterocycles. The molecule has 5 heteroatoms. The van der Waals surface area contributed by atoms with Gasteiger partial charge in [-0.1, -0.05) is 12.1 Å². The number of aromatic nitrogens is 3. The molecular weight excluding hydrogens is 298 g/mol. The Balaban J connectivity index is 1.65. The summed E-state index contributed by atoms with van der Waals surface area (Å²) in [6, 6.07) is 12.6. The van der Waals surface area contributed by atoms with Crippen LogP contribution in [0.2, 0.25) is 0 Å². The van der Waals surface area contributed by atoms with Crippen LogP contribution in [0.5, 0.6) is 0 Å². The molecule has 0 atom stereocenters. The van der Waals surface area contributed by atoms with E-state index < -0.39 is 0 Å². The molecule has 0 saturated carbocycles. The van der Waals surface area contributed by atoms with Gasteiger partial charge in [0.1, 0.15) is 0 Å². The van der Waals surface area contributed by atoms with Gasteiger partial charge in [0, 0.05) is 69.6 Å². The van der Waals surface area contributed by atoms with Gasteiger partial charge in [-0.05, 0) is 29.8 Å². The highest BCUT2D eigenvalue weighted by Gasteiger charge is 2.09. The van der Waals surface area contributed by atoms with Crippen molar-refractivity contribution < 1.29 is 0 Å². The lowest BCUT2D eigenvalue weighted by Gasteiger charge is -2.13. The van der Waals surface area contributed by atoms with Gasteiger partial charge >= 0.3 is 0 Å². The van der Waals surface area contributed by atoms with E-state index in [9.17, 15) is 0 Å². The average molecular weight is 321 g/mol. The lowest BCUT2D eigenvalue weighted by molar-refractivity contribution is 0.692. The second-order valence-electron chi connectivity index (χ2n) is 6.08. The van der Waals surface area contributed by atoms with Crippen molar-refractivity contribution in [3.63, 3.8) is 0 Å². The molecule has 0 amide bonds. The number of rotatable bonds is 6. The van der Waals surface area contributed by atoms with Crippen LogP contribution in [-0.4, -0.2) is 28.9 Å². The van der Waals surface area contributed by atoms with E-state index in [0.717, 1.165) is 24.3 Å². The molecule has 3 aromatic rings. The van der Waals surface area contributed by atoms with Crippen molar-refractivity contribution in [3.05, 3.63) is 66.1 Å². The van der Waals surface area contributed by atoms with Crippen LogP contribution in [0, 0.1) is 0 Å². The zero-order chi connectivity index (χ0) is 16.9. The Kier molecular flexibility index (Phi) is 4.91. The molecule has 0 fully saturated rings. The van der Waals surface area contributed by atoms with Crippen LogP contribution in [0.4, 0.5) is 5.69 Å². The first-order valence-electron chi connectivity index (χ1n) is 8.03. The Labute approximate surface area is 143 Å². The predicted molar refractivity (Wildman–Crippen MR) is 97.8 cm³/mol. The molecule has 1 aromatic carbocycles. The highest BCUT2D eigenvalue weighted by Crippen LogP contribution is 2.20. The van der Waals surface area contributed by atoms with Crippen molar-refractivity contribution in [2.75, 3.05) is 19.0 Å². The van der Waals surface area contributed by atoms with E-state index in [1.165, 1.54) is 16.8 Å². The monoisotopic (exact) mass is 321 g/mol. The molecule has 0 aliphatic carbocycles. The van der Waals surface area contributed by atoms with Crippen molar-refractivity contribution in [3.8, 4) is 11.3 Å². The summed E-state index contributed by atoms with van der Waals surface area (Å²) in [5, 5.41) is 8.07. The normalized spacial score (nSPS) is 10.8. The molecule has 0 saturated heterocycles. The molecule has 0 radical (unpaired) electrons. The minimum Gasteiger partial charge on any atom is -0.378 e. The van der Waals surface area contributed by atoms with Crippen molar-refractivity contribution in [2.24, 2.45) is 7.05 Å². The summed E-state index contributed by atoms with van der Waals surface area (Å²) in [5.41, 5.74) is 5.69. The topological polar surface area (TPSA) is 46.0 Å². The van der Waals surface area contributed by atoms with Gasteiger partial charge in [0.25, 0.3) is 0 Å². The van der Waals surface area contributed by atoms with Gasteiger partial charge in [0.05, 0.1) is 5.69 Å². The summed E-state index contributed by atoms with van der Waals surface area (Å²) in [7, 11) is 6.05. The SMILES string of the molecule is CN(C)c1ccc(CNCc2cn(C)nc2-c2cccnc2)cc1. The Morgan fingerprint density at radius 2 is 1.88 bits per heavy atom. The van der Waals surface area contributed by atoms with Gasteiger partial charge in [-0.15, -0.1) is 0 Å². The maximum Gasteiger partial charge on any atom is 0.0983 e. The van der Waals surface area contributed by atoms with Crippen molar-refractivity contribution in [1.29, 1.82) is 0 Å². The lowest BCUT2D eigenvalue weighted by atomic mass is 10.1. The number of hydrogen-bond acceptors (Lipinski definition) is 4. The first kappa shape index (κ1) is 16.2. The van der Waals surface area contributed by atoms with Gasteiger partial charge in [0.15, 0.2) is 0 Å². The largest absolute Gasteiger partial charge is 0.378 e. The average Bonchev–Trinajstić information content (AvgIpc) is 2.97. The minimum absolute atomic E-state index is 0.771. The summed E-state index contributed by atoms with van der Waals surface area (Å²) in [6.45, 7) is 1.60. The number of benzene rings is 1. The number of aryl methyl sites for hydroxylation is 1. The lowest BCUT2D eigenvalue weighted by Crippen LogP contribution is -2.13. The van der Waals surface area contributed by atoms with Crippen LogP contribution < -0.4 is 10.2 Å². The van der Waals surface area contributed by atoms with Crippen LogP contribution >= 0.6 is 0 Å². The summed E-state index contributed by atoms with van der Waals surface area (Å²) in [6.07, 6.45) is 5.69. The van der Waals surface area contributed by atoms with Crippen molar-refractivity contribution in [1.82, 2.24) is 20.1 Å². The Morgan fingerprint density at radius 1 is 1.08 bits per heavy atom. The standard InChI is InChI=1S/C19H23N5/c1-23(2)18-8-6-15(7-9-18)11-21-13-17-14-24(3)22-19(17)16-5-4-10-20-12-16/h4-10,12,14,21H,11,13H2,1-3H3. The fourth-order valence-corrected chi connectivity index (χ4v) is 2.67. The summed E-state index contributed by atoms with van der Waals surface area (Å²) in [5.74, 6) is 0. The maximum absolute atomic E-state index is 4.57. The molecule has 5 nitrogen and oxygen atoms in total. The van der Waals surface area contributed by atoms with Crippen molar-refractivity contribution >= 4 is 5.69 Å². The van der Waals surface area contributed by atoms with E-state index in [-0.39, 0.29) is 0 Å². The van der Waals surface area contributed by atoms with Crippen molar-refractivity contribution in [2.45, 2.75) is 13.1 Å². The Bertz CT molecular complexity index is 775. The smallest absolute Gasteiger partial charge is 0.0983 e. The molecule has 24 heavy (non-hydrogen) atoms. The third-order valence-electron chi connectivity index (χ3n) is 3.94. The third-order valence-corrected chi connectivity index (χ3v) is 3.94. The van der Waals surface area contributed by atoms with E-state index in [2.05, 4.69) is 64.9 Å². The van der Waals surface area contributed by atoms with Crippen LogP contribution in [0.25, 0.3) is 11.3 Å². The van der Waals surface area contributed by atoms with E-state index in [4.69, 9.17) is 0 Å². The second kappa shape index (κ2) is 7.27. The number of anilines is 1. The molecule has 124 valence electrons. The minimum atomic E-state index is 0.771. The molecule has 1 N–H and O–H groups in total. The summed E-state index contributed by atoms with van der Waals surface area (Å²) < 4.78 is 1.85. The summed E-state index contributed by atoms with van der Waals surface area (Å²) >= 11 is 0. The quantitative estimate of drug-likeness (QED) is 0.758. The van der Waals surface area contributed by atoms with Gasteiger partial charge in [0.2, 0.25) is 0 Å². The molecule has 2 aromatic heterocycles. The van der Waals surface area contributed by atoms with Crippen LogP contribution in [-0.2, 0) is 20.1 Å². The van der Waals surface area contributed by atoms with Crippen LogP contribution in [0.1, 0.15) is 11.1 Å². The first-order chi connectivity index (χ1) is 11.6. The number of nitrogens with zero attached hydrogens (tertiary/aromatic N) is 4. The summed E-state index contributed by atoms with van der Waals surface area (Å²) in [4.78, 5) is 6.29. The molecule has 0 bridgehead atoms. The highest BCUT2D eigenvalue weighted by molar-refractivity contribution is 5.61. The van der Waals surface area contributed by atoms with E-state index in [1.54, 1.807) is 6.20 Å². The highest BCUT2D eigenvalue weighted by atomic mass is 15.3. The molecular formula is C19H23N5. The Morgan fingerprint density at radius 3 is 2.54 bits per heavy atom. The van der Waals surface area contributed by atoms with Crippen LogP contribution in [0.3, 0.4) is 0 Å². The van der Waals surface area contributed by atoms with E-state index in [0.29, 0.717) is 0 Å². The molecule has 0 aliphatic rings. The number of pyridine rings is 1. The fraction of sp³-hybridized carbons (Fsp3) is 0.263. The maximum atomic E-state index is 4.57. The van der Waals surface area contributed by atoms with Gasteiger partial charge in [-0.25, -0.2) is 0 Å². The molecule has 0 spiro atoms. The number of hydrogen-bond donors (Lipinski definition) is 1. The van der Waals surface area contributed by atoms with E-state index in [1.807, 2.05) is 30.1 Å². The predicted octanol–water partition coefficient (Wildman–Crippen LogP) is 2.84. The fourth-order valence-electron chi connectivity index (χ4n) is 2.67. The zero-order valence-electron chi connectivity index (χ0n) is 14.4. The first-order valence-corrected chi connectivity index (χ1v) is 8.03. The Hall–Kier alpha value is -2.66. The molecule has 3 rings (SSSR count). The molecule has 0 unspecified atom stereocenters. The van der Waals surface area contributed by atoms with E-state index >= 15 is 0 Å². The zero-order valence-corrected chi connectivity index (χ0v) is 14.4. The van der Waals surface area contributed by atoms with Crippen LogP contribution in [0.15, 0.2) is 55.0 Å². The van der Waals surface area contributed by atoms with Gasteiger partial charge in [-0.3, -0.25) is 9.67 Å². The third kappa shape index (κ3) is 3.81. The van der Waals surface area contributed by atoms with Gasteiger partial charge < -0.3 is 10.2 Å². The number of nitrogens with one attached hydrogen (secondary N) is 1.